The Balaban J connectivity index is 1.04. The van der Waals surface area contributed by atoms with E-state index < -0.39 is 21.7 Å². The second kappa shape index (κ2) is 19.8. The van der Waals surface area contributed by atoms with E-state index >= 15 is 0 Å². The zero-order valence-electron chi connectivity index (χ0n) is 52.8. The van der Waals surface area contributed by atoms with Crippen molar-refractivity contribution in [1.82, 2.24) is 0 Å². The van der Waals surface area contributed by atoms with Crippen LogP contribution in [-0.4, -0.2) is 0 Å². The molecular weight excluding hydrogens is 1110 g/mol. The van der Waals surface area contributed by atoms with Crippen LogP contribution >= 0.6 is 0 Å². The van der Waals surface area contributed by atoms with Crippen LogP contribution in [0.2, 0.25) is 0 Å². The lowest BCUT2D eigenvalue weighted by Gasteiger charge is -2.62. The highest BCUT2D eigenvalue weighted by Crippen LogP contribution is 2.77. The van der Waals surface area contributed by atoms with Crippen molar-refractivity contribution in [1.29, 1.82) is 0 Å². The topological polar surface area (TPSA) is 6.48 Å². The Labute approximate surface area is 537 Å². The lowest BCUT2D eigenvalue weighted by molar-refractivity contribution is 0.0596. The Kier molecular flexibility index (Phi) is 11.7. The average Bonchev–Trinajstić information content (AvgIpc) is 1.45. The van der Waals surface area contributed by atoms with E-state index in [1.807, 2.05) is 0 Å². The molecule has 2 unspecified atom stereocenters. The van der Waals surface area contributed by atoms with Gasteiger partial charge < -0.3 is 9.80 Å². The van der Waals surface area contributed by atoms with Crippen LogP contribution < -0.4 is 9.80 Å². The van der Waals surface area contributed by atoms with E-state index in [2.05, 4.69) is 355 Å². The Morgan fingerprint density at radius 3 is 0.750 bits per heavy atom. The molecule has 2 heteroatoms. The number of nitrogens with zero attached hydrogens (tertiary/aromatic N) is 2. The molecule has 0 aromatic heterocycles. The minimum Gasteiger partial charge on any atom is -0.310 e. The van der Waals surface area contributed by atoms with Crippen molar-refractivity contribution in [3.8, 4) is 22.3 Å². The first-order valence-corrected chi connectivity index (χ1v) is 32.6. The molecule has 92 heavy (non-hydrogen) atoms. The standard InChI is InChI=1S/C90H68N2/c1-87(2,3)89(77-49-43-61-27-15-17-33-71(61)83(77)85-75-37-21-19-35-73(75)81(55-79(85)89)91(67-45-39-57-23-7-11-29-63(57)51-67)68-46-40-58-24-8-12-30-64(58)52-68)90(88(4,5)6)78-50-44-62-28-16-18-34-72(62)84(78)86-76-38-22-20-36-74(76)82(56-80(86)90)92(69-47-41-59-25-9-13-31-65(59)53-69)70-48-42-60-26-10-14-32-66(60)54-70/h7-56H,1-6H3. The molecule has 0 spiro atoms. The monoisotopic (exact) mass is 1180 g/mol. The molecule has 16 aromatic carbocycles. The van der Waals surface area contributed by atoms with Gasteiger partial charge in [0.1, 0.15) is 0 Å². The first-order chi connectivity index (χ1) is 44.9. The van der Waals surface area contributed by atoms with Crippen LogP contribution in [0.25, 0.3) is 108 Å². The predicted octanol–water partition coefficient (Wildman–Crippen LogP) is 25.2. The van der Waals surface area contributed by atoms with Crippen LogP contribution in [0.1, 0.15) is 63.8 Å². The van der Waals surface area contributed by atoms with E-state index in [1.165, 1.54) is 131 Å². The fourth-order valence-electron chi connectivity index (χ4n) is 17.9. The van der Waals surface area contributed by atoms with Crippen molar-refractivity contribution in [2.75, 3.05) is 9.80 Å². The summed E-state index contributed by atoms with van der Waals surface area (Å²) in [7, 11) is 0. The second-order valence-electron chi connectivity index (χ2n) is 27.9. The van der Waals surface area contributed by atoms with Crippen LogP contribution in [0.15, 0.2) is 303 Å². The summed E-state index contributed by atoms with van der Waals surface area (Å²) in [4.78, 5) is 5.17. The summed E-state index contributed by atoms with van der Waals surface area (Å²) in [6.07, 6.45) is 0. The summed E-state index contributed by atoms with van der Waals surface area (Å²) < 4.78 is 0. The second-order valence-corrected chi connectivity index (χ2v) is 27.9. The van der Waals surface area contributed by atoms with Gasteiger partial charge >= 0.3 is 0 Å². The third-order valence-corrected chi connectivity index (χ3v) is 21.3. The van der Waals surface area contributed by atoms with E-state index in [4.69, 9.17) is 0 Å². The quantitative estimate of drug-likeness (QED) is 0.157. The summed E-state index contributed by atoms with van der Waals surface area (Å²) in [6, 6.07) is 116. The zero-order chi connectivity index (χ0) is 61.8. The SMILES string of the molecule is CC(C)(C)C1(C2(C(C)(C)C)c3ccc4ccccc4c3-c3c2cc(N(c2ccc4ccccc4c2)c2ccc4ccccc4c2)c2ccccc32)c2ccc3ccccc3c2-c2c1cc(N(c1ccc3ccccc3c1)c1ccc3ccccc3c1)c1ccccc21. The number of fused-ring (bicyclic) bond motifs is 18. The highest BCUT2D eigenvalue weighted by atomic mass is 15.2. The van der Waals surface area contributed by atoms with Crippen molar-refractivity contribution < 1.29 is 0 Å². The summed E-state index contributed by atoms with van der Waals surface area (Å²) in [5, 5.41) is 19.6. The minimum atomic E-state index is -0.802. The number of benzene rings is 16. The van der Waals surface area contributed by atoms with Gasteiger partial charge in [-0.3, -0.25) is 0 Å². The number of rotatable bonds is 7. The van der Waals surface area contributed by atoms with Gasteiger partial charge in [0, 0.05) is 44.4 Å². The normalized spacial score (nSPS) is 16.0. The highest BCUT2D eigenvalue weighted by molar-refractivity contribution is 6.19. The van der Waals surface area contributed by atoms with Gasteiger partial charge in [-0.1, -0.05) is 284 Å². The van der Waals surface area contributed by atoms with Crippen molar-refractivity contribution in [3.63, 3.8) is 0 Å². The molecule has 0 aliphatic heterocycles. The fraction of sp³-hybridized carbons (Fsp3) is 0.111. The molecule has 0 saturated carbocycles. The van der Waals surface area contributed by atoms with Gasteiger partial charge in [0.15, 0.2) is 0 Å². The number of hydrogen-bond donors (Lipinski definition) is 0. The first-order valence-electron chi connectivity index (χ1n) is 32.6. The molecule has 0 fully saturated rings. The first kappa shape index (κ1) is 54.2. The smallest absolute Gasteiger partial charge is 0.0543 e. The molecule has 0 bridgehead atoms. The van der Waals surface area contributed by atoms with Crippen LogP contribution in [-0.2, 0) is 10.8 Å². The third kappa shape index (κ3) is 7.50. The molecule has 16 aromatic rings. The molecule has 438 valence electrons. The molecule has 0 N–H and O–H groups in total. The molecular formula is C90H68N2. The van der Waals surface area contributed by atoms with E-state index in [0.29, 0.717) is 0 Å². The molecule has 18 rings (SSSR count). The average molecular weight is 1180 g/mol. The third-order valence-electron chi connectivity index (χ3n) is 21.3. The Bertz CT molecular complexity index is 5260. The molecule has 0 amide bonds. The maximum Gasteiger partial charge on any atom is 0.0543 e. The molecule has 2 aliphatic rings. The van der Waals surface area contributed by atoms with Crippen LogP contribution in [0.3, 0.4) is 0 Å². The molecule has 2 nitrogen and oxygen atoms in total. The van der Waals surface area contributed by atoms with Crippen LogP contribution in [0, 0.1) is 10.8 Å². The van der Waals surface area contributed by atoms with Crippen molar-refractivity contribution in [2.45, 2.75) is 52.4 Å². The summed E-state index contributed by atoms with van der Waals surface area (Å²) in [6.45, 7) is 15.4. The van der Waals surface area contributed by atoms with Gasteiger partial charge in [0.25, 0.3) is 0 Å². The predicted molar refractivity (Wildman–Crippen MR) is 394 cm³/mol. The van der Waals surface area contributed by atoms with Crippen molar-refractivity contribution >= 4 is 120 Å². The Morgan fingerprint density at radius 2 is 0.446 bits per heavy atom. The van der Waals surface area contributed by atoms with Gasteiger partial charge in [-0.2, -0.15) is 0 Å². The Hall–Kier alpha value is -10.8. The van der Waals surface area contributed by atoms with Crippen LogP contribution in [0.5, 0.6) is 0 Å². The number of anilines is 6. The molecule has 0 heterocycles. The number of hydrogen-bond acceptors (Lipinski definition) is 2. The van der Waals surface area contributed by atoms with Gasteiger partial charge in [-0.05, 0) is 191 Å². The molecule has 2 atom stereocenters. The lowest BCUT2D eigenvalue weighted by atomic mass is 9.39. The fourth-order valence-corrected chi connectivity index (χ4v) is 17.9. The highest BCUT2D eigenvalue weighted by Gasteiger charge is 2.71. The Morgan fingerprint density at radius 1 is 0.207 bits per heavy atom. The summed E-state index contributed by atoms with van der Waals surface area (Å²) in [5.41, 5.74) is 14.8. The van der Waals surface area contributed by atoms with Gasteiger partial charge in [0.2, 0.25) is 0 Å². The van der Waals surface area contributed by atoms with Gasteiger partial charge in [-0.25, -0.2) is 0 Å². The molecule has 0 radical (unpaired) electrons. The van der Waals surface area contributed by atoms with E-state index in [1.54, 1.807) is 0 Å². The van der Waals surface area contributed by atoms with E-state index in [-0.39, 0.29) is 0 Å². The lowest BCUT2D eigenvalue weighted by Crippen LogP contribution is -2.62. The zero-order valence-corrected chi connectivity index (χ0v) is 52.8. The maximum atomic E-state index is 2.70. The summed E-state index contributed by atoms with van der Waals surface area (Å²) in [5.74, 6) is 0. The molecule has 2 aliphatic carbocycles. The largest absolute Gasteiger partial charge is 0.310 e. The van der Waals surface area contributed by atoms with Crippen molar-refractivity contribution in [2.24, 2.45) is 10.8 Å². The summed E-state index contributed by atoms with van der Waals surface area (Å²) >= 11 is 0. The van der Waals surface area contributed by atoms with Crippen molar-refractivity contribution in [3.05, 3.63) is 326 Å². The van der Waals surface area contributed by atoms with Gasteiger partial charge in [0.05, 0.1) is 11.4 Å². The van der Waals surface area contributed by atoms with Gasteiger partial charge in [-0.15, -0.1) is 0 Å². The maximum absolute atomic E-state index is 2.70. The van der Waals surface area contributed by atoms with E-state index in [9.17, 15) is 0 Å². The minimum absolute atomic E-state index is 0.494. The molecule has 0 saturated heterocycles. The van der Waals surface area contributed by atoms with Crippen LogP contribution in [0.4, 0.5) is 34.1 Å². The van der Waals surface area contributed by atoms with E-state index in [0.717, 1.165) is 34.1 Å².